The number of thioether (sulfide) groups is 1. The van der Waals surface area contributed by atoms with Crippen molar-refractivity contribution in [1.82, 2.24) is 0 Å². The lowest BCUT2D eigenvalue weighted by molar-refractivity contribution is -0.491. The van der Waals surface area contributed by atoms with Gasteiger partial charge in [0.1, 0.15) is 0 Å². The van der Waals surface area contributed by atoms with Crippen LogP contribution in [0.15, 0.2) is 4.99 Å². The predicted octanol–water partition coefficient (Wildman–Crippen LogP) is 0.730. The Morgan fingerprint density at radius 1 is 1.80 bits per heavy atom. The molecule has 0 amide bonds. The lowest BCUT2D eigenvalue weighted by atomic mass is 10.3. The molecule has 0 aromatic rings. The van der Waals surface area contributed by atoms with Crippen molar-refractivity contribution in [3.05, 3.63) is 10.1 Å². The second-order valence-electron chi connectivity index (χ2n) is 2.86. The maximum atomic E-state index is 11.3. The number of aliphatic imine (C=N–C) groups is 1. The van der Waals surface area contributed by atoms with Crippen molar-refractivity contribution in [3.63, 3.8) is 0 Å². The van der Waals surface area contributed by atoms with Gasteiger partial charge in [-0.05, 0) is 13.3 Å². The van der Waals surface area contributed by atoms with Gasteiger partial charge in [-0.25, -0.2) is 4.79 Å². The van der Waals surface area contributed by atoms with Gasteiger partial charge in [0.15, 0.2) is 5.04 Å². The van der Waals surface area contributed by atoms with Gasteiger partial charge in [-0.15, -0.1) is 11.8 Å². The van der Waals surface area contributed by atoms with Crippen LogP contribution in [0.1, 0.15) is 13.3 Å². The van der Waals surface area contributed by atoms with E-state index in [4.69, 9.17) is 0 Å². The van der Waals surface area contributed by atoms with Crippen LogP contribution in [-0.4, -0.2) is 40.9 Å². The number of rotatable bonds is 4. The summed E-state index contributed by atoms with van der Waals surface area (Å²) in [6.45, 7) is 2.30. The van der Waals surface area contributed by atoms with E-state index < -0.39 is 16.9 Å². The number of hydrogen-bond acceptors (Lipinski definition) is 6. The SMILES string of the molecule is CCOC(=O)C(C1=NCCCS1)[N+](=O)[O-]. The molecule has 0 fully saturated rings. The number of ether oxygens (including phenoxy) is 1. The molecule has 0 radical (unpaired) electrons. The van der Waals surface area contributed by atoms with Crippen molar-refractivity contribution in [3.8, 4) is 0 Å². The van der Waals surface area contributed by atoms with Crippen molar-refractivity contribution in [2.75, 3.05) is 18.9 Å². The van der Waals surface area contributed by atoms with E-state index in [-0.39, 0.29) is 11.7 Å². The molecule has 0 saturated heterocycles. The highest BCUT2D eigenvalue weighted by atomic mass is 32.2. The van der Waals surface area contributed by atoms with Crippen LogP contribution in [0.5, 0.6) is 0 Å². The standard InChI is InChI=1S/C8H12N2O4S/c1-2-14-8(11)6(10(12)13)7-9-4-3-5-15-7/h6H,2-5H2,1H3. The molecular weight excluding hydrogens is 220 g/mol. The summed E-state index contributed by atoms with van der Waals surface area (Å²) < 4.78 is 4.64. The Bertz CT molecular complexity index is 292. The van der Waals surface area contributed by atoms with Crippen molar-refractivity contribution < 1.29 is 14.5 Å². The van der Waals surface area contributed by atoms with Crippen LogP contribution in [-0.2, 0) is 9.53 Å². The molecule has 7 heteroatoms. The third-order valence-corrected chi connectivity index (χ3v) is 2.92. The number of carbonyl (C=O) groups excluding carboxylic acids is 1. The fraction of sp³-hybridized carbons (Fsp3) is 0.750. The number of nitro groups is 1. The highest BCUT2D eigenvalue weighted by Crippen LogP contribution is 2.17. The zero-order valence-corrected chi connectivity index (χ0v) is 9.16. The molecule has 1 aliphatic heterocycles. The summed E-state index contributed by atoms with van der Waals surface area (Å²) in [5, 5.41) is 11.0. The first-order valence-electron chi connectivity index (χ1n) is 4.64. The molecule has 0 aliphatic carbocycles. The van der Waals surface area contributed by atoms with E-state index in [1.54, 1.807) is 6.92 Å². The number of nitrogens with zero attached hydrogens (tertiary/aromatic N) is 2. The first-order chi connectivity index (χ1) is 7.16. The molecule has 0 aromatic heterocycles. The van der Waals surface area contributed by atoms with Gasteiger partial charge in [-0.1, -0.05) is 0 Å². The van der Waals surface area contributed by atoms with E-state index >= 15 is 0 Å². The lowest BCUT2D eigenvalue weighted by Gasteiger charge is -2.13. The summed E-state index contributed by atoms with van der Waals surface area (Å²) in [4.78, 5) is 25.4. The van der Waals surface area contributed by atoms with E-state index in [9.17, 15) is 14.9 Å². The van der Waals surface area contributed by atoms with Crippen LogP contribution in [0.25, 0.3) is 0 Å². The van der Waals surface area contributed by atoms with Crippen molar-refractivity contribution >= 4 is 22.8 Å². The fourth-order valence-electron chi connectivity index (χ4n) is 1.14. The Kier molecular flexibility index (Phi) is 4.54. The third-order valence-electron chi connectivity index (χ3n) is 1.77. The van der Waals surface area contributed by atoms with Gasteiger partial charge in [-0.3, -0.25) is 15.1 Å². The second kappa shape index (κ2) is 5.69. The van der Waals surface area contributed by atoms with Crippen molar-refractivity contribution in [2.45, 2.75) is 19.4 Å². The van der Waals surface area contributed by atoms with Gasteiger partial charge in [0, 0.05) is 17.2 Å². The second-order valence-corrected chi connectivity index (χ2v) is 3.98. The molecule has 1 heterocycles. The van der Waals surface area contributed by atoms with E-state index in [2.05, 4.69) is 9.73 Å². The van der Waals surface area contributed by atoms with Crippen molar-refractivity contribution in [2.24, 2.45) is 4.99 Å². The fourth-order valence-corrected chi connectivity index (χ4v) is 2.15. The Morgan fingerprint density at radius 3 is 3.00 bits per heavy atom. The highest BCUT2D eigenvalue weighted by Gasteiger charge is 2.38. The summed E-state index contributed by atoms with van der Waals surface area (Å²) in [6.07, 6.45) is 0.890. The zero-order valence-electron chi connectivity index (χ0n) is 8.34. The molecule has 84 valence electrons. The predicted molar refractivity (Wildman–Crippen MR) is 56.8 cm³/mol. The first kappa shape index (κ1) is 12.0. The first-order valence-corrected chi connectivity index (χ1v) is 5.62. The quantitative estimate of drug-likeness (QED) is 0.405. The van der Waals surface area contributed by atoms with Gasteiger partial charge >= 0.3 is 12.0 Å². The summed E-state index contributed by atoms with van der Waals surface area (Å²) >= 11 is 1.26. The molecule has 1 atom stereocenters. The zero-order chi connectivity index (χ0) is 11.3. The minimum Gasteiger partial charge on any atom is -0.461 e. The van der Waals surface area contributed by atoms with E-state index in [1.165, 1.54) is 11.8 Å². The highest BCUT2D eigenvalue weighted by molar-refractivity contribution is 8.14. The maximum absolute atomic E-state index is 11.3. The van der Waals surface area contributed by atoms with E-state index in [1.807, 2.05) is 0 Å². The summed E-state index contributed by atoms with van der Waals surface area (Å²) in [5.74, 6) is -0.0570. The van der Waals surface area contributed by atoms with Gasteiger partial charge in [-0.2, -0.15) is 0 Å². The van der Waals surface area contributed by atoms with Crippen LogP contribution in [0.4, 0.5) is 0 Å². The monoisotopic (exact) mass is 232 g/mol. The molecule has 1 rings (SSSR count). The topological polar surface area (TPSA) is 81.8 Å². The molecule has 0 saturated carbocycles. The van der Waals surface area contributed by atoms with Crippen LogP contribution >= 0.6 is 11.8 Å². The number of esters is 1. The molecule has 15 heavy (non-hydrogen) atoms. The Labute approximate surface area is 91.2 Å². The van der Waals surface area contributed by atoms with Crippen molar-refractivity contribution in [1.29, 1.82) is 0 Å². The number of hydrogen-bond donors (Lipinski definition) is 0. The van der Waals surface area contributed by atoms with Crippen LogP contribution in [0.2, 0.25) is 0 Å². The van der Waals surface area contributed by atoms with Gasteiger partial charge in [0.2, 0.25) is 0 Å². The minimum absolute atomic E-state index is 0.140. The third kappa shape index (κ3) is 3.19. The summed E-state index contributed by atoms with van der Waals surface area (Å²) in [5.41, 5.74) is 0. The summed E-state index contributed by atoms with van der Waals surface area (Å²) in [6, 6.07) is -1.43. The van der Waals surface area contributed by atoms with Crippen LogP contribution < -0.4 is 0 Å². The van der Waals surface area contributed by atoms with Gasteiger partial charge < -0.3 is 4.74 Å². The molecule has 1 aliphatic rings. The molecule has 0 aromatic carbocycles. The Balaban J connectivity index is 2.77. The largest absolute Gasteiger partial charge is 0.461 e. The van der Waals surface area contributed by atoms with Crippen LogP contribution in [0, 0.1) is 10.1 Å². The normalized spacial score (nSPS) is 17.8. The molecule has 0 spiro atoms. The molecule has 1 unspecified atom stereocenters. The van der Waals surface area contributed by atoms with Crippen LogP contribution in [0.3, 0.4) is 0 Å². The molecule has 6 nitrogen and oxygen atoms in total. The number of carbonyl (C=O) groups is 1. The molecule has 0 bridgehead atoms. The van der Waals surface area contributed by atoms with Gasteiger partial charge in [0.05, 0.1) is 6.61 Å². The Hall–Kier alpha value is -1.11. The molecule has 0 N–H and O–H groups in total. The van der Waals surface area contributed by atoms with E-state index in [0.717, 1.165) is 12.2 Å². The lowest BCUT2D eigenvalue weighted by Crippen LogP contribution is -2.38. The van der Waals surface area contributed by atoms with E-state index in [0.29, 0.717) is 6.54 Å². The smallest absolute Gasteiger partial charge is 0.388 e. The maximum Gasteiger partial charge on any atom is 0.388 e. The average molecular weight is 232 g/mol. The minimum atomic E-state index is -1.43. The summed E-state index contributed by atoms with van der Waals surface area (Å²) in [7, 11) is 0. The Morgan fingerprint density at radius 2 is 2.53 bits per heavy atom. The average Bonchev–Trinajstić information content (AvgIpc) is 2.19. The van der Waals surface area contributed by atoms with Gasteiger partial charge in [0.25, 0.3) is 0 Å². The molecular formula is C8H12N2O4S.